The summed E-state index contributed by atoms with van der Waals surface area (Å²) in [7, 11) is 0. The van der Waals surface area contributed by atoms with Gasteiger partial charge < -0.3 is 37.2 Å². The zero-order valence-electron chi connectivity index (χ0n) is 17.3. The maximum absolute atomic E-state index is 12.7. The summed E-state index contributed by atoms with van der Waals surface area (Å²) in [5, 5.41) is 23.6. The molecule has 0 radical (unpaired) electrons. The molecule has 12 heteroatoms. The number of nitrogens with one attached hydrogen (secondary N) is 2. The Labute approximate surface area is 183 Å². The van der Waals surface area contributed by atoms with Crippen LogP contribution in [0.1, 0.15) is 24.8 Å². The molecular formula is C20H27N5O7. The monoisotopic (exact) mass is 449 g/mol. The van der Waals surface area contributed by atoms with E-state index in [9.17, 15) is 34.2 Å². The van der Waals surface area contributed by atoms with Crippen molar-refractivity contribution >= 4 is 29.6 Å². The number of carbonyl (C=O) groups excluding carboxylic acids is 4. The average Bonchev–Trinajstić information content (AvgIpc) is 3.22. The SMILES string of the molecule is NC(=O)C[C@H](N)C(=O)NCC(=O)N1CCC[C@H]1C(=O)N[C@@H](Cc1ccc(O)cc1)C(=O)O. The van der Waals surface area contributed by atoms with Gasteiger partial charge in [0.15, 0.2) is 0 Å². The van der Waals surface area contributed by atoms with Crippen LogP contribution >= 0.6 is 0 Å². The largest absolute Gasteiger partial charge is 0.508 e. The third-order valence-corrected chi connectivity index (χ3v) is 5.04. The minimum atomic E-state index is -1.24. The minimum Gasteiger partial charge on any atom is -0.508 e. The molecular weight excluding hydrogens is 422 g/mol. The van der Waals surface area contributed by atoms with Crippen LogP contribution in [0.5, 0.6) is 5.75 Å². The lowest BCUT2D eigenvalue weighted by Gasteiger charge is -2.26. The van der Waals surface area contributed by atoms with Crippen LogP contribution in [0.25, 0.3) is 0 Å². The second kappa shape index (κ2) is 11.1. The number of carbonyl (C=O) groups is 5. The van der Waals surface area contributed by atoms with Crippen molar-refractivity contribution < 1.29 is 34.2 Å². The van der Waals surface area contributed by atoms with E-state index in [1.807, 2.05) is 0 Å². The third kappa shape index (κ3) is 6.94. The van der Waals surface area contributed by atoms with Gasteiger partial charge in [0.1, 0.15) is 17.8 Å². The highest BCUT2D eigenvalue weighted by Gasteiger charge is 2.36. The molecule has 1 fully saturated rings. The molecule has 1 aliphatic rings. The number of nitrogens with two attached hydrogens (primary N) is 2. The number of hydrogen-bond acceptors (Lipinski definition) is 7. The van der Waals surface area contributed by atoms with Gasteiger partial charge in [0.25, 0.3) is 0 Å². The lowest BCUT2D eigenvalue weighted by atomic mass is 10.0. The molecule has 0 aliphatic carbocycles. The van der Waals surface area contributed by atoms with Gasteiger partial charge in [-0.2, -0.15) is 0 Å². The van der Waals surface area contributed by atoms with E-state index in [1.165, 1.54) is 17.0 Å². The molecule has 0 saturated carbocycles. The second-order valence-electron chi connectivity index (χ2n) is 7.51. The number of benzene rings is 1. The van der Waals surface area contributed by atoms with Gasteiger partial charge in [-0.25, -0.2) is 4.79 Å². The number of phenols is 1. The predicted molar refractivity (Wildman–Crippen MR) is 111 cm³/mol. The standard InChI is InChI=1S/C20H27N5O7/c21-13(9-16(22)27)18(29)23-10-17(28)25-7-1-2-15(25)19(30)24-14(20(31)32)8-11-3-5-12(26)6-4-11/h3-6,13-15,26H,1-2,7-10,21H2,(H2,22,27)(H,23,29)(H,24,30)(H,31,32)/t13-,14-,15-/m0/s1. The highest BCUT2D eigenvalue weighted by atomic mass is 16.4. The highest BCUT2D eigenvalue weighted by Crippen LogP contribution is 2.18. The van der Waals surface area contributed by atoms with Gasteiger partial charge in [-0.15, -0.1) is 0 Å². The molecule has 1 aromatic carbocycles. The number of likely N-dealkylation sites (tertiary alicyclic amines) is 1. The average molecular weight is 449 g/mol. The van der Waals surface area contributed by atoms with E-state index in [4.69, 9.17) is 11.5 Å². The van der Waals surface area contributed by atoms with Crippen LogP contribution in [0.2, 0.25) is 0 Å². The fourth-order valence-corrected chi connectivity index (χ4v) is 3.38. The molecule has 0 unspecified atom stereocenters. The molecule has 0 aromatic heterocycles. The molecule has 3 atom stereocenters. The van der Waals surface area contributed by atoms with Crippen molar-refractivity contribution in [2.45, 2.75) is 43.8 Å². The van der Waals surface area contributed by atoms with Crippen LogP contribution in [0.15, 0.2) is 24.3 Å². The van der Waals surface area contributed by atoms with Crippen molar-refractivity contribution in [3.8, 4) is 5.75 Å². The van der Waals surface area contributed by atoms with Crippen molar-refractivity contribution in [1.82, 2.24) is 15.5 Å². The smallest absolute Gasteiger partial charge is 0.326 e. The number of carboxylic acid groups (broad SMARTS) is 1. The highest BCUT2D eigenvalue weighted by molar-refractivity contribution is 5.93. The van der Waals surface area contributed by atoms with Gasteiger partial charge in [0.2, 0.25) is 23.6 Å². The summed E-state index contributed by atoms with van der Waals surface area (Å²) in [4.78, 5) is 60.8. The van der Waals surface area contributed by atoms with E-state index < -0.39 is 54.3 Å². The fraction of sp³-hybridized carbons (Fsp3) is 0.450. The normalized spacial score (nSPS) is 17.3. The van der Waals surface area contributed by atoms with E-state index >= 15 is 0 Å². The zero-order valence-corrected chi connectivity index (χ0v) is 17.3. The Morgan fingerprint density at radius 3 is 2.41 bits per heavy atom. The lowest BCUT2D eigenvalue weighted by Crippen LogP contribution is -2.53. The Balaban J connectivity index is 1.95. The molecule has 2 rings (SSSR count). The number of carboxylic acids is 1. The molecule has 12 nitrogen and oxygen atoms in total. The summed E-state index contributed by atoms with van der Waals surface area (Å²) in [5.41, 5.74) is 11.1. The fourth-order valence-electron chi connectivity index (χ4n) is 3.38. The number of amides is 4. The van der Waals surface area contributed by atoms with Crippen LogP contribution in [0.3, 0.4) is 0 Å². The number of aromatic hydroxyl groups is 1. The minimum absolute atomic E-state index is 0.00414. The Kier molecular flexibility index (Phi) is 8.53. The maximum atomic E-state index is 12.7. The topological polar surface area (TPSA) is 205 Å². The molecule has 32 heavy (non-hydrogen) atoms. The number of primary amides is 1. The van der Waals surface area contributed by atoms with E-state index in [0.717, 1.165) is 0 Å². The molecule has 0 bridgehead atoms. The van der Waals surface area contributed by atoms with Crippen LogP contribution in [0.4, 0.5) is 0 Å². The summed E-state index contributed by atoms with van der Waals surface area (Å²) in [6.45, 7) is -0.152. The van der Waals surface area contributed by atoms with Crippen molar-refractivity contribution in [3.05, 3.63) is 29.8 Å². The van der Waals surface area contributed by atoms with Crippen LogP contribution < -0.4 is 22.1 Å². The molecule has 1 aromatic rings. The summed E-state index contributed by atoms with van der Waals surface area (Å²) in [5.74, 6) is -3.83. The number of rotatable bonds is 10. The molecule has 174 valence electrons. The van der Waals surface area contributed by atoms with Gasteiger partial charge in [-0.1, -0.05) is 12.1 Å². The maximum Gasteiger partial charge on any atom is 0.326 e. The molecule has 1 heterocycles. The van der Waals surface area contributed by atoms with E-state index in [-0.39, 0.29) is 25.1 Å². The van der Waals surface area contributed by atoms with Crippen molar-refractivity contribution in [1.29, 1.82) is 0 Å². The van der Waals surface area contributed by atoms with Crippen LogP contribution in [0, 0.1) is 0 Å². The van der Waals surface area contributed by atoms with E-state index in [1.54, 1.807) is 12.1 Å². The Hall–Kier alpha value is -3.67. The Morgan fingerprint density at radius 1 is 1.16 bits per heavy atom. The van der Waals surface area contributed by atoms with Gasteiger partial charge in [0.05, 0.1) is 19.0 Å². The first kappa shape index (κ1) is 24.6. The van der Waals surface area contributed by atoms with Gasteiger partial charge in [0, 0.05) is 13.0 Å². The van der Waals surface area contributed by atoms with Gasteiger partial charge in [-0.3, -0.25) is 19.2 Å². The molecule has 4 amide bonds. The predicted octanol–water partition coefficient (Wildman–Crippen LogP) is -2.19. The van der Waals surface area contributed by atoms with E-state index in [2.05, 4.69) is 10.6 Å². The first-order valence-corrected chi connectivity index (χ1v) is 10.0. The van der Waals surface area contributed by atoms with Crippen molar-refractivity contribution in [3.63, 3.8) is 0 Å². The molecule has 8 N–H and O–H groups in total. The number of phenolic OH excluding ortho intramolecular Hbond substituents is 1. The molecule has 0 spiro atoms. The number of hydrogen-bond donors (Lipinski definition) is 6. The zero-order chi connectivity index (χ0) is 23.8. The van der Waals surface area contributed by atoms with Crippen LogP contribution in [-0.4, -0.2) is 75.9 Å². The van der Waals surface area contributed by atoms with Crippen molar-refractivity contribution in [2.75, 3.05) is 13.1 Å². The number of aliphatic carboxylic acids is 1. The van der Waals surface area contributed by atoms with Gasteiger partial charge in [-0.05, 0) is 30.5 Å². The first-order valence-electron chi connectivity index (χ1n) is 10.0. The number of nitrogens with zero attached hydrogens (tertiary/aromatic N) is 1. The summed E-state index contributed by atoms with van der Waals surface area (Å²) in [6.07, 6.45) is 0.509. The van der Waals surface area contributed by atoms with Crippen molar-refractivity contribution in [2.24, 2.45) is 11.5 Å². The third-order valence-electron chi connectivity index (χ3n) is 5.04. The van der Waals surface area contributed by atoms with Gasteiger partial charge >= 0.3 is 5.97 Å². The molecule has 1 aliphatic heterocycles. The second-order valence-corrected chi connectivity index (χ2v) is 7.51. The van der Waals surface area contributed by atoms with E-state index in [0.29, 0.717) is 18.4 Å². The summed E-state index contributed by atoms with van der Waals surface area (Å²) in [6, 6.07) is 2.64. The Morgan fingerprint density at radius 2 is 1.81 bits per heavy atom. The first-order chi connectivity index (χ1) is 15.1. The summed E-state index contributed by atoms with van der Waals surface area (Å²) >= 11 is 0. The Bertz CT molecular complexity index is 874. The van der Waals surface area contributed by atoms with Crippen LogP contribution in [-0.2, 0) is 30.4 Å². The lowest BCUT2D eigenvalue weighted by molar-refractivity contribution is -0.144. The summed E-state index contributed by atoms with van der Waals surface area (Å²) < 4.78 is 0. The molecule has 1 saturated heterocycles. The quantitative estimate of drug-likeness (QED) is 0.231.